The molecule has 3 aromatic rings. The minimum atomic E-state index is 0. The van der Waals surface area contributed by atoms with Gasteiger partial charge in [-0.15, -0.1) is 0 Å². The molecule has 1 aromatic heterocycles. The van der Waals surface area contributed by atoms with Gasteiger partial charge in [-0.1, -0.05) is 49.7 Å². The number of hydrogen-bond donors (Lipinski definition) is 0. The average molecular weight is 403 g/mol. The fourth-order valence-corrected chi connectivity index (χ4v) is 3.14. The molecule has 0 amide bonds. The molecule has 1 heterocycles. The minimum absolute atomic E-state index is 0. The standard InChI is InChI=1S/C21H20Cl2N2O.CH4/c1-2-19-21(23)20(25-14-24-19)5-3-4-15-6-10-17(11-7-15)26-18-12-8-16(22)9-13-18;/h6-14H,2-5H2,1H3;1H4. The van der Waals surface area contributed by atoms with Crippen LogP contribution in [0.25, 0.3) is 0 Å². The van der Waals surface area contributed by atoms with Gasteiger partial charge >= 0.3 is 0 Å². The predicted molar refractivity (Wildman–Crippen MR) is 113 cm³/mol. The van der Waals surface area contributed by atoms with Crippen molar-refractivity contribution >= 4 is 23.2 Å². The Labute approximate surface area is 171 Å². The maximum atomic E-state index is 6.35. The number of ether oxygens (including phenoxy) is 1. The van der Waals surface area contributed by atoms with E-state index in [9.17, 15) is 0 Å². The molecule has 0 saturated heterocycles. The lowest BCUT2D eigenvalue weighted by Gasteiger charge is -2.08. The van der Waals surface area contributed by atoms with Crippen LogP contribution in [0.15, 0.2) is 54.9 Å². The molecule has 3 rings (SSSR count). The largest absolute Gasteiger partial charge is 0.457 e. The van der Waals surface area contributed by atoms with Gasteiger partial charge in [0.05, 0.1) is 16.4 Å². The average Bonchev–Trinajstić information content (AvgIpc) is 2.66. The number of benzene rings is 2. The van der Waals surface area contributed by atoms with E-state index in [1.807, 2.05) is 43.3 Å². The van der Waals surface area contributed by atoms with E-state index in [2.05, 4.69) is 22.1 Å². The fourth-order valence-electron chi connectivity index (χ4n) is 2.69. The normalized spacial score (nSPS) is 10.3. The van der Waals surface area contributed by atoms with E-state index < -0.39 is 0 Å². The number of aromatic nitrogens is 2. The monoisotopic (exact) mass is 402 g/mol. The SMILES string of the molecule is C.CCc1ncnc(CCCc2ccc(Oc3ccc(Cl)cc3)cc2)c1Cl. The van der Waals surface area contributed by atoms with Crippen LogP contribution in [0.4, 0.5) is 0 Å². The number of nitrogens with zero attached hydrogens (tertiary/aromatic N) is 2. The third-order valence-electron chi connectivity index (χ3n) is 4.12. The van der Waals surface area contributed by atoms with Crippen molar-refractivity contribution in [3.8, 4) is 11.5 Å². The number of halogens is 2. The van der Waals surface area contributed by atoms with Crippen LogP contribution in [0.5, 0.6) is 11.5 Å². The summed E-state index contributed by atoms with van der Waals surface area (Å²) in [6, 6.07) is 15.5. The summed E-state index contributed by atoms with van der Waals surface area (Å²) in [7, 11) is 0. The third kappa shape index (κ3) is 5.95. The van der Waals surface area contributed by atoms with Crippen LogP contribution in [0.2, 0.25) is 10.0 Å². The molecule has 142 valence electrons. The Morgan fingerprint density at radius 3 is 2.04 bits per heavy atom. The molecular weight excluding hydrogens is 379 g/mol. The van der Waals surface area contributed by atoms with Gasteiger partial charge in [-0.2, -0.15) is 0 Å². The van der Waals surface area contributed by atoms with E-state index >= 15 is 0 Å². The second-order valence-corrected chi connectivity index (χ2v) is 6.80. The number of rotatable bonds is 7. The molecule has 0 unspecified atom stereocenters. The Kier molecular flexibility index (Phi) is 8.08. The summed E-state index contributed by atoms with van der Waals surface area (Å²) >= 11 is 12.2. The van der Waals surface area contributed by atoms with Gasteiger partial charge in [0.25, 0.3) is 0 Å². The summed E-state index contributed by atoms with van der Waals surface area (Å²) in [5, 5.41) is 1.41. The van der Waals surface area contributed by atoms with Crippen molar-refractivity contribution in [2.75, 3.05) is 0 Å². The molecule has 5 heteroatoms. The van der Waals surface area contributed by atoms with Crippen LogP contribution in [0.3, 0.4) is 0 Å². The van der Waals surface area contributed by atoms with E-state index in [1.54, 1.807) is 6.33 Å². The molecule has 2 aromatic carbocycles. The highest BCUT2D eigenvalue weighted by atomic mass is 35.5. The molecule has 0 aliphatic heterocycles. The minimum Gasteiger partial charge on any atom is -0.457 e. The third-order valence-corrected chi connectivity index (χ3v) is 4.81. The second kappa shape index (κ2) is 10.3. The molecule has 3 nitrogen and oxygen atoms in total. The van der Waals surface area contributed by atoms with Gasteiger partial charge in [0.15, 0.2) is 0 Å². The van der Waals surface area contributed by atoms with Gasteiger partial charge in [-0.25, -0.2) is 9.97 Å². The first-order chi connectivity index (χ1) is 12.7. The highest BCUT2D eigenvalue weighted by molar-refractivity contribution is 6.31. The lowest BCUT2D eigenvalue weighted by molar-refractivity contribution is 0.482. The summed E-state index contributed by atoms with van der Waals surface area (Å²) in [5.41, 5.74) is 3.11. The molecule has 0 radical (unpaired) electrons. The molecule has 0 fully saturated rings. The number of aryl methyl sites for hydroxylation is 3. The zero-order chi connectivity index (χ0) is 18.4. The van der Waals surface area contributed by atoms with Crippen molar-refractivity contribution in [3.05, 3.63) is 81.9 Å². The van der Waals surface area contributed by atoms with Crippen LogP contribution >= 0.6 is 23.2 Å². The zero-order valence-corrected chi connectivity index (χ0v) is 16.1. The summed E-state index contributed by atoms with van der Waals surface area (Å²) < 4.78 is 5.81. The lowest BCUT2D eigenvalue weighted by atomic mass is 10.1. The van der Waals surface area contributed by atoms with Crippen LogP contribution in [0, 0.1) is 0 Å². The Balaban J connectivity index is 0.00000261. The Bertz CT molecular complexity index is 849. The van der Waals surface area contributed by atoms with Crippen LogP contribution in [0.1, 0.15) is 37.7 Å². The molecule has 0 aliphatic carbocycles. The van der Waals surface area contributed by atoms with E-state index in [0.29, 0.717) is 10.0 Å². The molecule has 0 N–H and O–H groups in total. The van der Waals surface area contributed by atoms with Gasteiger partial charge < -0.3 is 4.74 Å². The van der Waals surface area contributed by atoms with E-state index in [4.69, 9.17) is 27.9 Å². The van der Waals surface area contributed by atoms with E-state index in [0.717, 1.165) is 48.6 Å². The molecule has 0 aliphatic rings. The van der Waals surface area contributed by atoms with Crippen molar-refractivity contribution < 1.29 is 4.74 Å². The fraction of sp³-hybridized carbons (Fsp3) is 0.273. The molecule has 0 atom stereocenters. The van der Waals surface area contributed by atoms with Gasteiger partial charge in [-0.3, -0.25) is 0 Å². The van der Waals surface area contributed by atoms with Gasteiger partial charge in [0.2, 0.25) is 0 Å². The smallest absolute Gasteiger partial charge is 0.127 e. The van der Waals surface area contributed by atoms with Crippen LogP contribution < -0.4 is 4.74 Å². The summed E-state index contributed by atoms with van der Waals surface area (Å²) in [4.78, 5) is 8.52. The summed E-state index contributed by atoms with van der Waals surface area (Å²) in [5.74, 6) is 1.58. The first kappa shape index (κ1) is 21.2. The highest BCUT2D eigenvalue weighted by Gasteiger charge is 2.07. The topological polar surface area (TPSA) is 35.0 Å². The van der Waals surface area contributed by atoms with E-state index in [1.165, 1.54) is 5.56 Å². The van der Waals surface area contributed by atoms with Crippen molar-refractivity contribution in [1.29, 1.82) is 0 Å². The molecule has 0 bridgehead atoms. The maximum absolute atomic E-state index is 6.35. The zero-order valence-electron chi connectivity index (χ0n) is 14.6. The molecule has 0 spiro atoms. The molecular formula is C22H24Cl2N2O. The second-order valence-electron chi connectivity index (χ2n) is 5.99. The highest BCUT2D eigenvalue weighted by Crippen LogP contribution is 2.24. The Morgan fingerprint density at radius 1 is 0.815 bits per heavy atom. The Morgan fingerprint density at radius 2 is 1.41 bits per heavy atom. The lowest BCUT2D eigenvalue weighted by Crippen LogP contribution is -1.99. The van der Waals surface area contributed by atoms with Gasteiger partial charge in [0, 0.05) is 5.02 Å². The van der Waals surface area contributed by atoms with Gasteiger partial charge in [-0.05, 0) is 67.6 Å². The predicted octanol–water partition coefficient (Wildman–Crippen LogP) is 6.95. The molecule has 27 heavy (non-hydrogen) atoms. The maximum Gasteiger partial charge on any atom is 0.127 e. The Hall–Kier alpha value is -2.10. The van der Waals surface area contributed by atoms with Crippen LogP contribution in [-0.2, 0) is 19.3 Å². The van der Waals surface area contributed by atoms with Crippen molar-refractivity contribution in [1.82, 2.24) is 9.97 Å². The number of hydrogen-bond acceptors (Lipinski definition) is 3. The van der Waals surface area contributed by atoms with Crippen LogP contribution in [-0.4, -0.2) is 9.97 Å². The van der Waals surface area contributed by atoms with Crippen molar-refractivity contribution in [2.45, 2.75) is 40.0 Å². The summed E-state index contributed by atoms with van der Waals surface area (Å²) in [6.07, 6.45) is 5.21. The molecule has 0 saturated carbocycles. The van der Waals surface area contributed by atoms with Crippen molar-refractivity contribution in [3.63, 3.8) is 0 Å². The summed E-state index contributed by atoms with van der Waals surface area (Å²) in [6.45, 7) is 2.05. The first-order valence-corrected chi connectivity index (χ1v) is 9.42. The van der Waals surface area contributed by atoms with Gasteiger partial charge in [0.1, 0.15) is 17.8 Å². The first-order valence-electron chi connectivity index (χ1n) is 8.66. The van der Waals surface area contributed by atoms with Crippen molar-refractivity contribution in [2.24, 2.45) is 0 Å². The quantitative estimate of drug-likeness (QED) is 0.428. The van der Waals surface area contributed by atoms with E-state index in [-0.39, 0.29) is 7.43 Å².